The molecule has 1 aromatic carbocycles. The van der Waals surface area contributed by atoms with Crippen molar-refractivity contribution in [2.45, 2.75) is 12.8 Å². The lowest BCUT2D eigenvalue weighted by Crippen LogP contribution is -1.89. The smallest absolute Gasteiger partial charge is 0.0852 e. The molecule has 3 aromatic rings. The summed E-state index contributed by atoms with van der Waals surface area (Å²) in [5.41, 5.74) is 8.19. The Morgan fingerprint density at radius 3 is 2.95 bits per heavy atom. The predicted octanol–water partition coefficient (Wildman–Crippen LogP) is 4.34. The third-order valence-electron chi connectivity index (χ3n) is 3.76. The highest BCUT2D eigenvalue weighted by Crippen LogP contribution is 2.46. The van der Waals surface area contributed by atoms with Crippen molar-refractivity contribution in [1.29, 1.82) is 0 Å². The summed E-state index contributed by atoms with van der Waals surface area (Å²) in [6.07, 6.45) is 3.72. The van der Waals surface area contributed by atoms with Crippen molar-refractivity contribution >= 4 is 11.3 Å². The van der Waals surface area contributed by atoms with E-state index in [-0.39, 0.29) is 0 Å². The summed E-state index contributed by atoms with van der Waals surface area (Å²) in [6, 6.07) is 10.7. The third-order valence-corrected chi connectivity index (χ3v) is 4.77. The van der Waals surface area contributed by atoms with Crippen LogP contribution in [0.2, 0.25) is 0 Å². The summed E-state index contributed by atoms with van der Waals surface area (Å²) in [4.78, 5) is 10.1. The number of nitrogens with zero attached hydrogens (tertiary/aromatic N) is 2. The van der Waals surface area contributed by atoms with Crippen LogP contribution in [-0.2, 0) is 0 Å². The van der Waals surface area contributed by atoms with E-state index in [1.54, 1.807) is 17.5 Å². The van der Waals surface area contributed by atoms with Gasteiger partial charge in [-0.15, -0.1) is 11.3 Å². The summed E-state index contributed by atoms with van der Waals surface area (Å²) in [5, 5.41) is 0. The lowest BCUT2D eigenvalue weighted by molar-refractivity contribution is 0.979. The van der Waals surface area contributed by atoms with Gasteiger partial charge < -0.3 is 0 Å². The average Bonchev–Trinajstić information content (AvgIpc) is 3.04. The van der Waals surface area contributed by atoms with Crippen molar-refractivity contribution in [3.05, 3.63) is 58.7 Å². The standard InChI is InChI=1S/C16H12N2S/c1-10-14-7-11(12-3-2-6-17-8-12)4-5-13(14)15-16(10)19-9-18-15/h2-10H,1H3. The molecule has 4 rings (SSSR count). The molecule has 2 nitrogen and oxygen atoms in total. The molecule has 0 saturated heterocycles. The fraction of sp³-hybridized carbons (Fsp3) is 0.125. The van der Waals surface area contributed by atoms with Crippen LogP contribution in [0.25, 0.3) is 22.4 Å². The third kappa shape index (κ3) is 1.55. The molecule has 1 aliphatic rings. The second kappa shape index (κ2) is 4.00. The van der Waals surface area contributed by atoms with E-state index in [0.717, 1.165) is 0 Å². The van der Waals surface area contributed by atoms with Gasteiger partial charge >= 0.3 is 0 Å². The van der Waals surface area contributed by atoms with Gasteiger partial charge in [0.1, 0.15) is 0 Å². The SMILES string of the molecule is CC1c2cc(-c3cccnc3)ccc2-c2ncsc21. The minimum atomic E-state index is 0.453. The van der Waals surface area contributed by atoms with Crippen LogP contribution in [0, 0.1) is 0 Å². The number of hydrogen-bond acceptors (Lipinski definition) is 3. The van der Waals surface area contributed by atoms with Crippen LogP contribution in [0.1, 0.15) is 23.3 Å². The quantitative estimate of drug-likeness (QED) is 0.653. The lowest BCUT2D eigenvalue weighted by atomic mass is 9.97. The molecule has 1 atom stereocenters. The second-order valence-electron chi connectivity index (χ2n) is 4.83. The number of pyridine rings is 1. The molecule has 0 N–H and O–H groups in total. The summed E-state index contributed by atoms with van der Waals surface area (Å²) in [7, 11) is 0. The van der Waals surface area contributed by atoms with Crippen molar-refractivity contribution in [3.63, 3.8) is 0 Å². The van der Waals surface area contributed by atoms with Crippen molar-refractivity contribution in [1.82, 2.24) is 9.97 Å². The maximum atomic E-state index is 4.50. The van der Waals surface area contributed by atoms with Crippen LogP contribution >= 0.6 is 11.3 Å². The number of benzene rings is 1. The van der Waals surface area contributed by atoms with E-state index in [9.17, 15) is 0 Å². The van der Waals surface area contributed by atoms with E-state index in [4.69, 9.17) is 0 Å². The zero-order valence-electron chi connectivity index (χ0n) is 10.5. The van der Waals surface area contributed by atoms with E-state index in [2.05, 4.69) is 41.2 Å². The lowest BCUT2D eigenvalue weighted by Gasteiger charge is -2.08. The van der Waals surface area contributed by atoms with Gasteiger partial charge in [-0.1, -0.05) is 25.1 Å². The van der Waals surface area contributed by atoms with E-state index in [0.29, 0.717) is 5.92 Å². The molecule has 2 aromatic heterocycles. The average molecular weight is 264 g/mol. The molecular weight excluding hydrogens is 252 g/mol. The van der Waals surface area contributed by atoms with Gasteiger partial charge in [-0.3, -0.25) is 4.98 Å². The number of hydrogen-bond donors (Lipinski definition) is 0. The Labute approximate surface area is 115 Å². The van der Waals surface area contributed by atoms with Gasteiger partial charge in [-0.2, -0.15) is 0 Å². The van der Waals surface area contributed by atoms with Crippen LogP contribution < -0.4 is 0 Å². The molecule has 92 valence electrons. The molecule has 0 aliphatic heterocycles. The Hall–Kier alpha value is -2.00. The Morgan fingerprint density at radius 2 is 2.11 bits per heavy atom. The van der Waals surface area contributed by atoms with Crippen LogP contribution in [-0.4, -0.2) is 9.97 Å². The van der Waals surface area contributed by atoms with Crippen molar-refractivity contribution < 1.29 is 0 Å². The van der Waals surface area contributed by atoms with Crippen molar-refractivity contribution in [3.8, 4) is 22.4 Å². The molecule has 0 amide bonds. The monoisotopic (exact) mass is 264 g/mol. The fourth-order valence-electron chi connectivity index (χ4n) is 2.76. The van der Waals surface area contributed by atoms with Gasteiger partial charge in [0.15, 0.2) is 0 Å². The maximum Gasteiger partial charge on any atom is 0.0852 e. The molecule has 0 radical (unpaired) electrons. The van der Waals surface area contributed by atoms with Crippen LogP contribution in [0.15, 0.2) is 48.2 Å². The zero-order chi connectivity index (χ0) is 12.8. The van der Waals surface area contributed by atoms with Gasteiger partial charge in [0.05, 0.1) is 11.2 Å². The minimum absolute atomic E-state index is 0.453. The van der Waals surface area contributed by atoms with Crippen LogP contribution in [0.4, 0.5) is 0 Å². The highest BCUT2D eigenvalue weighted by Gasteiger charge is 2.28. The fourth-order valence-corrected chi connectivity index (χ4v) is 3.63. The first kappa shape index (κ1) is 10.9. The molecule has 0 fully saturated rings. The second-order valence-corrected chi connectivity index (χ2v) is 5.72. The largest absolute Gasteiger partial charge is 0.264 e. The number of rotatable bonds is 1. The predicted molar refractivity (Wildman–Crippen MR) is 78.3 cm³/mol. The Bertz CT molecular complexity index is 746. The van der Waals surface area contributed by atoms with Gasteiger partial charge in [-0.05, 0) is 28.8 Å². The Kier molecular flexibility index (Phi) is 2.29. The summed E-state index contributed by atoms with van der Waals surface area (Å²) in [5.74, 6) is 0.453. The van der Waals surface area contributed by atoms with E-state index >= 15 is 0 Å². The van der Waals surface area contributed by atoms with Gasteiger partial charge in [0, 0.05) is 28.8 Å². The van der Waals surface area contributed by atoms with Crippen LogP contribution in [0.5, 0.6) is 0 Å². The highest BCUT2D eigenvalue weighted by atomic mass is 32.1. The molecule has 1 unspecified atom stereocenters. The number of aromatic nitrogens is 2. The Balaban J connectivity index is 1.88. The van der Waals surface area contributed by atoms with E-state index in [1.807, 2.05) is 17.8 Å². The van der Waals surface area contributed by atoms with E-state index < -0.39 is 0 Å². The maximum absolute atomic E-state index is 4.50. The summed E-state index contributed by atoms with van der Waals surface area (Å²) < 4.78 is 0. The first-order valence-electron chi connectivity index (χ1n) is 6.32. The first-order valence-corrected chi connectivity index (χ1v) is 7.20. The molecule has 0 bridgehead atoms. The van der Waals surface area contributed by atoms with Gasteiger partial charge in [0.2, 0.25) is 0 Å². The molecule has 0 spiro atoms. The summed E-state index contributed by atoms with van der Waals surface area (Å²) >= 11 is 1.75. The van der Waals surface area contributed by atoms with Crippen molar-refractivity contribution in [2.75, 3.05) is 0 Å². The Morgan fingerprint density at radius 1 is 1.16 bits per heavy atom. The number of thiazole rings is 1. The van der Waals surface area contributed by atoms with Gasteiger partial charge in [-0.25, -0.2) is 4.98 Å². The topological polar surface area (TPSA) is 25.8 Å². The molecular formula is C16H12N2S. The number of fused-ring (bicyclic) bond motifs is 3. The van der Waals surface area contributed by atoms with Gasteiger partial charge in [0.25, 0.3) is 0 Å². The highest BCUT2D eigenvalue weighted by molar-refractivity contribution is 7.10. The molecule has 19 heavy (non-hydrogen) atoms. The molecule has 1 aliphatic carbocycles. The first-order chi connectivity index (χ1) is 9.34. The minimum Gasteiger partial charge on any atom is -0.264 e. The zero-order valence-corrected chi connectivity index (χ0v) is 11.3. The normalized spacial score (nSPS) is 16.2. The summed E-state index contributed by atoms with van der Waals surface area (Å²) in [6.45, 7) is 2.26. The molecule has 3 heteroatoms. The molecule has 2 heterocycles. The molecule has 0 saturated carbocycles. The van der Waals surface area contributed by atoms with E-state index in [1.165, 1.54) is 32.8 Å². The van der Waals surface area contributed by atoms with Crippen molar-refractivity contribution in [2.24, 2.45) is 0 Å². The van der Waals surface area contributed by atoms with Crippen LogP contribution in [0.3, 0.4) is 0 Å².